The summed E-state index contributed by atoms with van der Waals surface area (Å²) < 4.78 is 5.24. The molecule has 2 aromatic rings. The van der Waals surface area contributed by atoms with E-state index in [1.165, 1.54) is 0 Å². The molecule has 0 saturated heterocycles. The molecule has 0 fully saturated rings. The summed E-state index contributed by atoms with van der Waals surface area (Å²) in [6, 6.07) is 9.29. The van der Waals surface area contributed by atoms with Crippen LogP contribution >= 0.6 is 11.6 Å². The number of rotatable bonds is 7. The van der Waals surface area contributed by atoms with Gasteiger partial charge in [0.15, 0.2) is 0 Å². The quantitative estimate of drug-likeness (QED) is 0.630. The van der Waals surface area contributed by atoms with Crippen molar-refractivity contribution in [2.45, 2.75) is 6.42 Å². The minimum absolute atomic E-state index is 0.0758. The summed E-state index contributed by atoms with van der Waals surface area (Å²) in [5.41, 5.74) is 1.53. The molecule has 0 saturated carbocycles. The average molecular weight is 293 g/mol. The standard InChI is InChI=1S/C15H17ClN2O2/c16-6-10-20-9-2-8-18-15(19)13-4-5-14-12(11-13)3-1-7-17-14/h1,3-5,7,11H,2,6,8-10H2,(H,18,19). The third-order valence-corrected chi connectivity index (χ3v) is 2.99. The average Bonchev–Trinajstić information content (AvgIpc) is 2.50. The lowest BCUT2D eigenvalue weighted by Crippen LogP contribution is -2.25. The number of fused-ring (bicyclic) bond motifs is 1. The highest BCUT2D eigenvalue weighted by molar-refractivity contribution is 6.17. The Morgan fingerprint density at radius 2 is 2.20 bits per heavy atom. The van der Waals surface area contributed by atoms with E-state index in [0.717, 1.165) is 17.3 Å². The molecular weight excluding hydrogens is 276 g/mol. The first kappa shape index (κ1) is 14.8. The van der Waals surface area contributed by atoms with Crippen LogP contribution in [-0.4, -0.2) is 36.5 Å². The summed E-state index contributed by atoms with van der Waals surface area (Å²) in [6.07, 6.45) is 2.51. The van der Waals surface area contributed by atoms with Gasteiger partial charge in [-0.15, -0.1) is 11.6 Å². The van der Waals surface area contributed by atoms with Gasteiger partial charge in [0.05, 0.1) is 12.1 Å². The van der Waals surface area contributed by atoms with Gasteiger partial charge in [-0.05, 0) is 30.7 Å². The Morgan fingerprint density at radius 3 is 3.05 bits per heavy atom. The summed E-state index contributed by atoms with van der Waals surface area (Å²) in [6.45, 7) is 1.74. The van der Waals surface area contributed by atoms with Gasteiger partial charge >= 0.3 is 0 Å². The lowest BCUT2D eigenvalue weighted by molar-refractivity contribution is 0.0944. The number of nitrogens with one attached hydrogen (secondary N) is 1. The number of hydrogen-bond acceptors (Lipinski definition) is 3. The molecule has 0 unspecified atom stereocenters. The summed E-state index contributed by atoms with van der Waals surface area (Å²) in [5.74, 6) is 0.422. The molecule has 0 atom stereocenters. The summed E-state index contributed by atoms with van der Waals surface area (Å²) in [5, 5.41) is 3.83. The highest BCUT2D eigenvalue weighted by atomic mass is 35.5. The maximum Gasteiger partial charge on any atom is 0.251 e. The number of carbonyl (C=O) groups excluding carboxylic acids is 1. The second kappa shape index (κ2) is 7.82. The van der Waals surface area contributed by atoms with Crippen LogP contribution in [0.25, 0.3) is 10.9 Å². The number of halogens is 1. The number of benzene rings is 1. The maximum atomic E-state index is 12.0. The zero-order valence-corrected chi connectivity index (χ0v) is 11.9. The molecule has 0 aliphatic carbocycles. The number of carbonyl (C=O) groups is 1. The van der Waals surface area contributed by atoms with Gasteiger partial charge in [-0.25, -0.2) is 0 Å². The molecule has 2 rings (SSSR count). The lowest BCUT2D eigenvalue weighted by Gasteiger charge is -2.06. The number of amides is 1. The zero-order chi connectivity index (χ0) is 14.2. The second-order valence-corrected chi connectivity index (χ2v) is 4.70. The largest absolute Gasteiger partial charge is 0.380 e. The number of aromatic nitrogens is 1. The SMILES string of the molecule is O=C(NCCCOCCCl)c1ccc2ncccc2c1. The van der Waals surface area contributed by atoms with Crippen molar-refractivity contribution in [2.75, 3.05) is 25.6 Å². The molecular formula is C15H17ClN2O2. The van der Waals surface area contributed by atoms with Gasteiger partial charge in [0, 0.05) is 36.2 Å². The second-order valence-electron chi connectivity index (χ2n) is 4.32. The number of nitrogens with zero attached hydrogens (tertiary/aromatic N) is 1. The normalized spacial score (nSPS) is 10.7. The zero-order valence-electron chi connectivity index (χ0n) is 11.1. The minimum Gasteiger partial charge on any atom is -0.380 e. The summed E-state index contributed by atoms with van der Waals surface area (Å²) in [7, 11) is 0. The highest BCUT2D eigenvalue weighted by Gasteiger charge is 2.05. The molecule has 4 nitrogen and oxygen atoms in total. The highest BCUT2D eigenvalue weighted by Crippen LogP contribution is 2.13. The van der Waals surface area contributed by atoms with Crippen molar-refractivity contribution in [3.8, 4) is 0 Å². The summed E-state index contributed by atoms with van der Waals surface area (Å²) in [4.78, 5) is 16.2. The predicted molar refractivity (Wildman–Crippen MR) is 80.2 cm³/mol. The van der Waals surface area contributed by atoms with E-state index in [0.29, 0.717) is 31.2 Å². The minimum atomic E-state index is -0.0758. The van der Waals surface area contributed by atoms with Crippen LogP contribution < -0.4 is 5.32 Å². The Bertz CT molecular complexity index is 575. The third-order valence-electron chi connectivity index (χ3n) is 2.84. The molecule has 0 aliphatic rings. The number of alkyl halides is 1. The van der Waals surface area contributed by atoms with E-state index in [1.807, 2.05) is 24.3 Å². The third kappa shape index (κ3) is 4.18. The molecule has 20 heavy (non-hydrogen) atoms. The molecule has 0 radical (unpaired) electrons. The van der Waals surface area contributed by atoms with E-state index in [1.54, 1.807) is 12.3 Å². The Balaban J connectivity index is 1.84. The Morgan fingerprint density at radius 1 is 1.30 bits per heavy atom. The molecule has 106 valence electrons. The molecule has 0 aliphatic heterocycles. The van der Waals surface area contributed by atoms with Gasteiger partial charge in [0.1, 0.15) is 0 Å². The smallest absolute Gasteiger partial charge is 0.251 e. The fourth-order valence-corrected chi connectivity index (χ4v) is 1.96. The van der Waals surface area contributed by atoms with Gasteiger partial charge in [-0.2, -0.15) is 0 Å². The van der Waals surface area contributed by atoms with Crippen molar-refractivity contribution < 1.29 is 9.53 Å². The van der Waals surface area contributed by atoms with Crippen LogP contribution in [0.3, 0.4) is 0 Å². The Labute approximate surface area is 123 Å². The first-order valence-corrected chi connectivity index (χ1v) is 7.11. The summed E-state index contributed by atoms with van der Waals surface area (Å²) >= 11 is 5.49. The number of ether oxygens (including phenoxy) is 1. The first-order valence-electron chi connectivity index (χ1n) is 6.58. The van der Waals surface area contributed by atoms with Gasteiger partial charge in [0.25, 0.3) is 5.91 Å². The molecule has 0 bridgehead atoms. The van der Waals surface area contributed by atoms with Gasteiger partial charge in [0.2, 0.25) is 0 Å². The van der Waals surface area contributed by atoms with Crippen molar-refractivity contribution in [2.24, 2.45) is 0 Å². The van der Waals surface area contributed by atoms with Crippen LogP contribution in [0.1, 0.15) is 16.8 Å². The van der Waals surface area contributed by atoms with Gasteiger partial charge in [-0.3, -0.25) is 9.78 Å². The molecule has 0 spiro atoms. The first-order chi connectivity index (χ1) is 9.81. The van der Waals surface area contributed by atoms with Gasteiger partial charge in [-0.1, -0.05) is 6.07 Å². The fraction of sp³-hybridized carbons (Fsp3) is 0.333. The fourth-order valence-electron chi connectivity index (χ4n) is 1.85. The van der Waals surface area contributed by atoms with Crippen molar-refractivity contribution in [3.63, 3.8) is 0 Å². The van der Waals surface area contributed by atoms with E-state index in [-0.39, 0.29) is 5.91 Å². The van der Waals surface area contributed by atoms with Crippen molar-refractivity contribution in [1.29, 1.82) is 0 Å². The topological polar surface area (TPSA) is 51.2 Å². The molecule has 5 heteroatoms. The molecule has 1 amide bonds. The Hall–Kier alpha value is -1.65. The molecule has 1 heterocycles. The number of pyridine rings is 1. The molecule has 1 N–H and O–H groups in total. The van der Waals surface area contributed by atoms with Gasteiger partial charge < -0.3 is 10.1 Å². The van der Waals surface area contributed by atoms with Crippen LogP contribution in [0.4, 0.5) is 0 Å². The van der Waals surface area contributed by atoms with Crippen LogP contribution in [0.2, 0.25) is 0 Å². The van der Waals surface area contributed by atoms with E-state index < -0.39 is 0 Å². The van der Waals surface area contributed by atoms with E-state index in [2.05, 4.69) is 10.3 Å². The van der Waals surface area contributed by atoms with Crippen molar-refractivity contribution in [1.82, 2.24) is 10.3 Å². The Kier molecular flexibility index (Phi) is 5.77. The number of hydrogen-bond donors (Lipinski definition) is 1. The van der Waals surface area contributed by atoms with Crippen LogP contribution in [0.5, 0.6) is 0 Å². The van der Waals surface area contributed by atoms with Crippen molar-refractivity contribution >= 4 is 28.4 Å². The maximum absolute atomic E-state index is 12.0. The predicted octanol–water partition coefficient (Wildman–Crippen LogP) is 2.61. The molecule has 1 aromatic carbocycles. The van der Waals surface area contributed by atoms with E-state index in [4.69, 9.17) is 16.3 Å². The van der Waals surface area contributed by atoms with Crippen molar-refractivity contribution in [3.05, 3.63) is 42.1 Å². The van der Waals surface area contributed by atoms with Crippen LogP contribution in [-0.2, 0) is 4.74 Å². The monoisotopic (exact) mass is 292 g/mol. The lowest BCUT2D eigenvalue weighted by atomic mass is 10.1. The van der Waals surface area contributed by atoms with Crippen LogP contribution in [0, 0.1) is 0 Å². The van der Waals surface area contributed by atoms with Crippen LogP contribution in [0.15, 0.2) is 36.5 Å². The van der Waals surface area contributed by atoms with E-state index in [9.17, 15) is 4.79 Å². The molecule has 1 aromatic heterocycles. The van der Waals surface area contributed by atoms with E-state index >= 15 is 0 Å².